The molecular formula is C17H21NO3S. The van der Waals surface area contributed by atoms with Crippen molar-refractivity contribution in [2.75, 3.05) is 19.5 Å². The Kier molecular flexibility index (Phi) is 5.08. The number of thiophene rings is 1. The predicted molar refractivity (Wildman–Crippen MR) is 90.8 cm³/mol. The van der Waals surface area contributed by atoms with Gasteiger partial charge in [0.1, 0.15) is 16.3 Å². The van der Waals surface area contributed by atoms with E-state index in [9.17, 15) is 4.79 Å². The second-order valence-corrected chi connectivity index (χ2v) is 6.37. The van der Waals surface area contributed by atoms with E-state index in [1.54, 1.807) is 7.11 Å². The quantitative estimate of drug-likeness (QED) is 0.839. The van der Waals surface area contributed by atoms with E-state index in [4.69, 9.17) is 15.2 Å². The van der Waals surface area contributed by atoms with Crippen molar-refractivity contribution in [2.24, 2.45) is 0 Å². The fourth-order valence-corrected chi connectivity index (χ4v) is 3.31. The zero-order chi connectivity index (χ0) is 16.3. The molecular weight excluding hydrogens is 298 g/mol. The van der Waals surface area contributed by atoms with Crippen LogP contribution < -0.4 is 10.5 Å². The molecule has 1 aromatic heterocycles. The Morgan fingerprint density at radius 3 is 2.68 bits per heavy atom. The molecule has 0 unspecified atom stereocenters. The first kappa shape index (κ1) is 16.4. The Hall–Kier alpha value is -2.01. The minimum Gasteiger partial charge on any atom is -0.496 e. The number of hydrogen-bond donors (Lipinski definition) is 1. The molecule has 0 aliphatic rings. The third-order valence-corrected chi connectivity index (χ3v) is 4.31. The second kappa shape index (κ2) is 6.83. The van der Waals surface area contributed by atoms with Crippen molar-refractivity contribution in [3.8, 4) is 16.9 Å². The average Bonchev–Trinajstić information content (AvgIpc) is 2.79. The monoisotopic (exact) mass is 319 g/mol. The third-order valence-electron chi connectivity index (χ3n) is 3.38. The minimum absolute atomic E-state index is 0.373. The molecule has 4 nitrogen and oxygen atoms in total. The molecule has 0 saturated heterocycles. The summed E-state index contributed by atoms with van der Waals surface area (Å²) in [6, 6.07) is 5.88. The smallest absolute Gasteiger partial charge is 0.341 e. The lowest BCUT2D eigenvalue weighted by Gasteiger charge is -2.12. The molecule has 0 fully saturated rings. The van der Waals surface area contributed by atoms with Gasteiger partial charge < -0.3 is 15.2 Å². The number of benzene rings is 1. The van der Waals surface area contributed by atoms with E-state index >= 15 is 0 Å². The molecule has 1 aromatic carbocycles. The van der Waals surface area contributed by atoms with E-state index < -0.39 is 0 Å². The van der Waals surface area contributed by atoms with Crippen molar-refractivity contribution in [1.29, 1.82) is 0 Å². The van der Waals surface area contributed by atoms with Crippen molar-refractivity contribution in [3.05, 3.63) is 34.2 Å². The topological polar surface area (TPSA) is 61.5 Å². The third kappa shape index (κ3) is 3.09. The number of aryl methyl sites for hydroxylation is 2. The average molecular weight is 319 g/mol. The maximum Gasteiger partial charge on any atom is 0.341 e. The van der Waals surface area contributed by atoms with Crippen molar-refractivity contribution >= 4 is 22.3 Å². The van der Waals surface area contributed by atoms with E-state index in [0.29, 0.717) is 17.2 Å². The van der Waals surface area contributed by atoms with E-state index in [1.807, 2.05) is 39.0 Å². The summed E-state index contributed by atoms with van der Waals surface area (Å²) in [6.45, 7) is 6.30. The van der Waals surface area contributed by atoms with Crippen LogP contribution in [0.4, 0.5) is 5.00 Å². The van der Waals surface area contributed by atoms with Crippen LogP contribution in [0.3, 0.4) is 0 Å². The molecule has 2 aromatic rings. The van der Waals surface area contributed by atoms with Gasteiger partial charge in [-0.05, 0) is 32.4 Å². The van der Waals surface area contributed by atoms with E-state index in [-0.39, 0.29) is 5.97 Å². The number of nitrogens with two attached hydrogens (primary N) is 1. The zero-order valence-corrected chi connectivity index (χ0v) is 14.2. The molecule has 0 spiro atoms. The Bertz CT molecular complexity index is 691. The first-order valence-electron chi connectivity index (χ1n) is 7.20. The van der Waals surface area contributed by atoms with Gasteiger partial charge in [-0.25, -0.2) is 4.79 Å². The van der Waals surface area contributed by atoms with Gasteiger partial charge >= 0.3 is 5.97 Å². The fraction of sp³-hybridized carbons (Fsp3) is 0.353. The van der Waals surface area contributed by atoms with Gasteiger partial charge in [0.2, 0.25) is 0 Å². The fourth-order valence-electron chi connectivity index (χ4n) is 2.38. The predicted octanol–water partition coefficient (Wildman–Crippen LogP) is 4.19. The van der Waals surface area contributed by atoms with Crippen LogP contribution in [0.1, 0.15) is 34.1 Å². The summed E-state index contributed by atoms with van der Waals surface area (Å²) in [5.41, 5.74) is 9.27. The number of nitrogen functional groups attached to an aromatic ring is 1. The molecule has 0 aliphatic carbocycles. The number of esters is 1. The maximum absolute atomic E-state index is 12.4. The highest BCUT2D eigenvalue weighted by atomic mass is 32.1. The highest BCUT2D eigenvalue weighted by molar-refractivity contribution is 7.16. The zero-order valence-electron chi connectivity index (χ0n) is 13.4. The molecule has 0 saturated carbocycles. The number of carbonyl (C=O) groups is 1. The van der Waals surface area contributed by atoms with Gasteiger partial charge in [-0.15, -0.1) is 11.3 Å². The van der Waals surface area contributed by atoms with Crippen LogP contribution in [0.15, 0.2) is 18.2 Å². The van der Waals surface area contributed by atoms with Crippen LogP contribution in [-0.2, 0) is 4.74 Å². The molecule has 22 heavy (non-hydrogen) atoms. The summed E-state index contributed by atoms with van der Waals surface area (Å²) in [7, 11) is 1.62. The van der Waals surface area contributed by atoms with Crippen LogP contribution >= 0.6 is 11.3 Å². The number of ether oxygens (including phenoxy) is 2. The number of anilines is 1. The van der Waals surface area contributed by atoms with Gasteiger partial charge in [-0.1, -0.05) is 18.6 Å². The normalized spacial score (nSPS) is 10.5. The van der Waals surface area contributed by atoms with Crippen LogP contribution in [0.5, 0.6) is 5.75 Å². The first-order chi connectivity index (χ1) is 10.5. The molecule has 0 bridgehead atoms. The van der Waals surface area contributed by atoms with Gasteiger partial charge in [-0.3, -0.25) is 0 Å². The highest BCUT2D eigenvalue weighted by Crippen LogP contribution is 2.42. The van der Waals surface area contributed by atoms with Crippen LogP contribution in [0, 0.1) is 13.8 Å². The molecule has 2 N–H and O–H groups in total. The second-order valence-electron chi connectivity index (χ2n) is 5.11. The van der Waals surface area contributed by atoms with Crippen molar-refractivity contribution in [3.63, 3.8) is 0 Å². The molecule has 0 radical (unpaired) electrons. The molecule has 118 valence electrons. The highest BCUT2D eigenvalue weighted by Gasteiger charge is 2.24. The lowest BCUT2D eigenvalue weighted by Crippen LogP contribution is -2.08. The minimum atomic E-state index is -0.373. The molecule has 0 amide bonds. The lowest BCUT2D eigenvalue weighted by atomic mass is 9.98. The summed E-state index contributed by atoms with van der Waals surface area (Å²) >= 11 is 1.40. The molecule has 0 aliphatic heterocycles. The van der Waals surface area contributed by atoms with Crippen LogP contribution in [0.25, 0.3) is 11.1 Å². The van der Waals surface area contributed by atoms with Crippen molar-refractivity contribution in [1.82, 2.24) is 0 Å². The van der Waals surface area contributed by atoms with Crippen molar-refractivity contribution < 1.29 is 14.3 Å². The SMILES string of the molecule is CCCOC(=O)c1c(N)sc(C)c1-c1cc(C)ccc1OC. The van der Waals surface area contributed by atoms with Crippen molar-refractivity contribution in [2.45, 2.75) is 27.2 Å². The molecule has 5 heteroatoms. The largest absolute Gasteiger partial charge is 0.496 e. The van der Waals surface area contributed by atoms with E-state index in [1.165, 1.54) is 11.3 Å². The summed E-state index contributed by atoms with van der Waals surface area (Å²) < 4.78 is 10.7. The number of carbonyl (C=O) groups excluding carboxylic acids is 1. The molecule has 0 atom stereocenters. The van der Waals surface area contributed by atoms with Crippen LogP contribution in [0.2, 0.25) is 0 Å². The number of methoxy groups -OCH3 is 1. The van der Waals surface area contributed by atoms with E-state index in [0.717, 1.165) is 33.7 Å². The summed E-state index contributed by atoms with van der Waals surface area (Å²) in [4.78, 5) is 13.4. The Morgan fingerprint density at radius 2 is 2.05 bits per heavy atom. The van der Waals surface area contributed by atoms with Crippen LogP contribution in [-0.4, -0.2) is 19.7 Å². The summed E-state index contributed by atoms with van der Waals surface area (Å²) in [5, 5.41) is 0.483. The standard InChI is InChI=1S/C17H21NO3S/c1-5-8-21-17(19)15-14(11(3)22-16(15)18)12-9-10(2)6-7-13(12)20-4/h6-7,9H,5,8,18H2,1-4H3. The summed E-state index contributed by atoms with van der Waals surface area (Å²) in [5.74, 6) is 0.346. The van der Waals surface area contributed by atoms with Gasteiger partial charge in [0.25, 0.3) is 0 Å². The Morgan fingerprint density at radius 1 is 1.32 bits per heavy atom. The van der Waals surface area contributed by atoms with Gasteiger partial charge in [0.15, 0.2) is 0 Å². The Labute approximate surface area is 134 Å². The molecule has 1 heterocycles. The van der Waals surface area contributed by atoms with Gasteiger partial charge in [-0.2, -0.15) is 0 Å². The number of rotatable bonds is 5. The maximum atomic E-state index is 12.4. The Balaban J connectivity index is 2.61. The lowest BCUT2D eigenvalue weighted by molar-refractivity contribution is 0.0507. The van der Waals surface area contributed by atoms with Gasteiger partial charge in [0, 0.05) is 16.0 Å². The number of hydrogen-bond acceptors (Lipinski definition) is 5. The first-order valence-corrected chi connectivity index (χ1v) is 8.02. The molecule has 2 rings (SSSR count). The van der Waals surface area contributed by atoms with Gasteiger partial charge in [0.05, 0.1) is 13.7 Å². The summed E-state index contributed by atoms with van der Waals surface area (Å²) in [6.07, 6.45) is 0.776. The van der Waals surface area contributed by atoms with E-state index in [2.05, 4.69) is 0 Å².